The summed E-state index contributed by atoms with van der Waals surface area (Å²) in [5, 5.41) is 0. The summed E-state index contributed by atoms with van der Waals surface area (Å²) in [5.74, 6) is 0. The largest absolute Gasteiger partial charge is 0.344 e. The third-order valence-corrected chi connectivity index (χ3v) is 0.307. The molecule has 0 amide bonds. The van der Waals surface area contributed by atoms with Crippen molar-refractivity contribution in [2.75, 3.05) is 0 Å². The predicted octanol–water partition coefficient (Wildman–Crippen LogP) is 1.75. The first-order valence-corrected chi connectivity index (χ1v) is 2.70. The van der Waals surface area contributed by atoms with E-state index in [0.717, 1.165) is 6.42 Å². The van der Waals surface area contributed by atoms with E-state index in [1.165, 1.54) is 4.99 Å². The first-order chi connectivity index (χ1) is 3.33. The van der Waals surface area contributed by atoms with E-state index in [1.807, 2.05) is 6.92 Å². The monoisotopic (exact) mass is 141 g/mol. The second-order valence-corrected chi connectivity index (χ2v) is 1.17. The maximum atomic E-state index is 4.07. The van der Waals surface area contributed by atoms with E-state index in [1.54, 1.807) is 6.08 Å². The Morgan fingerprint density at radius 3 is 2.00 bits per heavy atom. The summed E-state index contributed by atoms with van der Waals surface area (Å²) in [6.45, 7) is 8.83. The normalized spacial score (nSPS) is 5.71. The van der Waals surface area contributed by atoms with E-state index < -0.39 is 0 Å². The van der Waals surface area contributed by atoms with Crippen LogP contribution in [0, 0.1) is 6.92 Å². The first-order valence-electron chi connectivity index (χ1n) is 2.13. The molecule has 0 saturated heterocycles. The zero-order valence-electron chi connectivity index (χ0n) is 4.59. The maximum absolute atomic E-state index is 4.07. The zero-order chi connectivity index (χ0) is 6.12. The van der Waals surface area contributed by atoms with Crippen LogP contribution in [0.5, 0.6) is 0 Å². The van der Waals surface area contributed by atoms with E-state index in [4.69, 9.17) is 0 Å². The fraction of sp³-hybridized carbons (Fsp3) is 0.333. The van der Waals surface area contributed by atoms with Crippen molar-refractivity contribution in [3.8, 4) is 0 Å². The second kappa shape index (κ2) is 16.5. The molecule has 0 aromatic rings. The Balaban J connectivity index is 0. The standard InChI is InChI=1S/C3H7.C3H4.Ni/c2*1-3-2;/h1,3H2,2H3;1,3H,2H2;/q-1;;. The van der Waals surface area contributed by atoms with Gasteiger partial charge in [-0.1, -0.05) is 6.92 Å². The van der Waals surface area contributed by atoms with Gasteiger partial charge in [-0.25, -0.2) is 0 Å². The van der Waals surface area contributed by atoms with Crippen molar-refractivity contribution in [1.82, 2.24) is 0 Å². The van der Waals surface area contributed by atoms with Crippen molar-refractivity contribution < 1.29 is 15.0 Å². The van der Waals surface area contributed by atoms with E-state index in [9.17, 15) is 0 Å². The summed E-state index contributed by atoms with van der Waals surface area (Å²) in [7, 11) is 0. The van der Waals surface area contributed by atoms with Gasteiger partial charge in [0.25, 0.3) is 0 Å². The molecule has 0 aromatic carbocycles. The molecule has 7 heavy (non-hydrogen) atoms. The summed E-state index contributed by atoms with van der Waals surface area (Å²) in [6, 6.07) is 0. The zero-order valence-corrected chi connectivity index (χ0v) is 5.58. The predicted molar refractivity (Wildman–Crippen MR) is 31.9 cm³/mol. The van der Waals surface area contributed by atoms with Crippen LogP contribution in [0.25, 0.3) is 0 Å². The molecule has 0 fully saturated rings. The summed E-state index contributed by atoms with van der Waals surface area (Å²) in [4.78, 5) is 1.51. The Morgan fingerprint density at radius 1 is 1.86 bits per heavy atom. The number of rotatable bonds is 1. The molecule has 0 heterocycles. The molecule has 1 heteroatoms. The van der Waals surface area contributed by atoms with Gasteiger partial charge in [0.2, 0.25) is 0 Å². The van der Waals surface area contributed by atoms with Crippen LogP contribution in [0.3, 0.4) is 0 Å². The average molecular weight is 142 g/mol. The molecule has 0 aliphatic heterocycles. The fourth-order valence-corrected chi connectivity index (χ4v) is 0. The molecule has 0 saturated carbocycles. The second-order valence-electron chi connectivity index (χ2n) is 0.841. The van der Waals surface area contributed by atoms with E-state index in [-0.39, 0.29) is 0 Å². The van der Waals surface area contributed by atoms with E-state index in [0.29, 0.717) is 0 Å². The van der Waals surface area contributed by atoms with Gasteiger partial charge in [-0.2, -0.15) is 6.42 Å². The number of allylic oxidation sites excluding steroid dienone is 1. The van der Waals surface area contributed by atoms with Crippen LogP contribution in [-0.2, 0) is 15.0 Å². The third-order valence-electron chi connectivity index (χ3n) is 0.0745. The van der Waals surface area contributed by atoms with Gasteiger partial charge in [-0.3, -0.25) is 0 Å². The summed E-state index contributed by atoms with van der Waals surface area (Å²) >= 11 is 4.07. The van der Waals surface area contributed by atoms with Gasteiger partial charge in [0, 0.05) is 0 Å². The minimum Gasteiger partial charge on any atom is -0.344 e. The van der Waals surface area contributed by atoms with Crippen LogP contribution in [-0.4, -0.2) is 4.99 Å². The SMILES string of the molecule is C=C[CH]=[Ni].[CH2-]CC. The van der Waals surface area contributed by atoms with Gasteiger partial charge in [-0.15, -0.1) is 0 Å². The van der Waals surface area contributed by atoms with Gasteiger partial charge >= 0.3 is 32.7 Å². The minimum absolute atomic E-state index is 1.00. The fourth-order valence-electron chi connectivity index (χ4n) is 0. The van der Waals surface area contributed by atoms with Gasteiger partial charge in [0.05, 0.1) is 0 Å². The van der Waals surface area contributed by atoms with Gasteiger partial charge in [-0.05, 0) is 0 Å². The average Bonchev–Trinajstić information content (AvgIpc) is 1.69. The van der Waals surface area contributed by atoms with E-state index >= 15 is 0 Å². The van der Waals surface area contributed by atoms with Crippen molar-refractivity contribution >= 4 is 4.99 Å². The van der Waals surface area contributed by atoms with Crippen molar-refractivity contribution in [3.05, 3.63) is 19.6 Å². The molecule has 0 aliphatic carbocycles. The Morgan fingerprint density at radius 2 is 2.00 bits per heavy atom. The van der Waals surface area contributed by atoms with Crippen molar-refractivity contribution in [2.45, 2.75) is 13.3 Å². The topological polar surface area (TPSA) is 0 Å². The van der Waals surface area contributed by atoms with Crippen LogP contribution < -0.4 is 0 Å². The number of hydrogen-bond acceptors (Lipinski definition) is 0. The molecule has 46 valence electrons. The van der Waals surface area contributed by atoms with Crippen LogP contribution >= 0.6 is 0 Å². The smallest absolute Gasteiger partial charge is 0.0927 e. The van der Waals surface area contributed by atoms with E-state index in [2.05, 4.69) is 28.5 Å². The molecule has 0 atom stereocenters. The van der Waals surface area contributed by atoms with Crippen LogP contribution in [0.15, 0.2) is 12.7 Å². The summed E-state index contributed by atoms with van der Waals surface area (Å²) < 4.78 is 0. The molecule has 0 rings (SSSR count). The quantitative estimate of drug-likeness (QED) is 0.386. The maximum Gasteiger partial charge on any atom is -0.0927 e. The summed E-state index contributed by atoms with van der Waals surface area (Å²) in [6.07, 6.45) is 2.58. The minimum atomic E-state index is 1.00. The number of hydrogen-bond donors (Lipinski definition) is 0. The molecule has 0 nitrogen and oxygen atoms in total. The molecule has 0 aliphatic rings. The molecule has 0 unspecified atom stereocenters. The third kappa shape index (κ3) is 84.4. The first kappa shape index (κ1) is 10.2. The van der Waals surface area contributed by atoms with Crippen molar-refractivity contribution in [2.24, 2.45) is 0 Å². The van der Waals surface area contributed by atoms with Crippen LogP contribution in [0.4, 0.5) is 0 Å². The summed E-state index contributed by atoms with van der Waals surface area (Å²) in [5.41, 5.74) is 0. The Bertz CT molecular complexity index is 33.4. The molecule has 0 aromatic heterocycles. The Hall–Kier alpha value is 0.104. The van der Waals surface area contributed by atoms with Gasteiger partial charge in [0.1, 0.15) is 0 Å². The van der Waals surface area contributed by atoms with Crippen LogP contribution in [0.1, 0.15) is 13.3 Å². The molecule has 0 bridgehead atoms. The molecule has 0 radical (unpaired) electrons. The molecular formula is C6H11Ni-. The van der Waals surface area contributed by atoms with Crippen molar-refractivity contribution in [3.63, 3.8) is 0 Å². The Labute approximate surface area is 53.5 Å². The Kier molecular flexibility index (Phi) is 24.0. The molecule has 0 N–H and O–H groups in total. The van der Waals surface area contributed by atoms with Crippen molar-refractivity contribution in [1.29, 1.82) is 0 Å². The molecule has 0 spiro atoms. The van der Waals surface area contributed by atoms with Crippen LogP contribution in [0.2, 0.25) is 0 Å². The van der Waals surface area contributed by atoms with Gasteiger partial charge in [0.15, 0.2) is 0 Å². The van der Waals surface area contributed by atoms with Gasteiger partial charge < -0.3 is 6.92 Å². The molecular weight excluding hydrogens is 131 g/mol.